The van der Waals surface area contributed by atoms with E-state index >= 15 is 0 Å². The van der Waals surface area contributed by atoms with Gasteiger partial charge in [0.05, 0.1) is 9.85 Å². The van der Waals surface area contributed by atoms with Crippen LogP contribution >= 0.6 is 55.1 Å². The van der Waals surface area contributed by atoms with Gasteiger partial charge in [-0.2, -0.15) is 0 Å². The molecule has 0 bridgehead atoms. The zero-order valence-corrected chi connectivity index (χ0v) is 13.9. The monoisotopic (exact) mass is 428 g/mol. The van der Waals surface area contributed by atoms with Gasteiger partial charge in [0.15, 0.2) is 0 Å². The molecular formula is C13H6Br2Cl2F2. The zero-order valence-electron chi connectivity index (χ0n) is 9.23. The standard InChI is InChI=1S/C13H6Br2Cl2F2/c14-9-5-12(19)8(4-11(9)17)13(15)7-2-1-6(18)3-10(7)16/h1-5,13H. The van der Waals surface area contributed by atoms with Gasteiger partial charge in [0.25, 0.3) is 0 Å². The molecule has 100 valence electrons. The molecule has 2 rings (SSSR count). The fraction of sp³-hybridized carbons (Fsp3) is 0.0769. The fourth-order valence-electron chi connectivity index (χ4n) is 1.61. The van der Waals surface area contributed by atoms with Crippen molar-refractivity contribution >= 4 is 55.1 Å². The zero-order chi connectivity index (χ0) is 14.2. The van der Waals surface area contributed by atoms with Gasteiger partial charge in [0.2, 0.25) is 0 Å². The summed E-state index contributed by atoms with van der Waals surface area (Å²) in [5.74, 6) is -0.874. The van der Waals surface area contributed by atoms with Crippen LogP contribution in [0.15, 0.2) is 34.8 Å². The van der Waals surface area contributed by atoms with E-state index in [1.165, 1.54) is 30.3 Å². The Kier molecular flexibility index (Phi) is 4.88. The van der Waals surface area contributed by atoms with Gasteiger partial charge in [-0.1, -0.05) is 45.2 Å². The lowest BCUT2D eigenvalue weighted by Gasteiger charge is -2.14. The van der Waals surface area contributed by atoms with E-state index in [9.17, 15) is 8.78 Å². The summed E-state index contributed by atoms with van der Waals surface area (Å²) in [5, 5.41) is 0.611. The van der Waals surface area contributed by atoms with Gasteiger partial charge in [-0.3, -0.25) is 0 Å². The number of hydrogen-bond acceptors (Lipinski definition) is 0. The Morgan fingerprint density at radius 2 is 1.63 bits per heavy atom. The molecule has 0 amide bonds. The highest BCUT2D eigenvalue weighted by atomic mass is 79.9. The molecule has 0 aromatic heterocycles. The molecule has 0 nitrogen and oxygen atoms in total. The van der Waals surface area contributed by atoms with Crippen LogP contribution < -0.4 is 0 Å². The number of benzene rings is 2. The van der Waals surface area contributed by atoms with Gasteiger partial charge < -0.3 is 0 Å². The summed E-state index contributed by atoms with van der Waals surface area (Å²) in [6, 6.07) is 6.74. The molecule has 0 saturated heterocycles. The van der Waals surface area contributed by atoms with Crippen molar-refractivity contribution in [1.82, 2.24) is 0 Å². The third kappa shape index (κ3) is 3.30. The first-order chi connectivity index (χ1) is 8.90. The molecule has 2 aromatic carbocycles. The molecule has 1 atom stereocenters. The predicted molar refractivity (Wildman–Crippen MR) is 81.3 cm³/mol. The van der Waals surface area contributed by atoms with Crippen LogP contribution in [0.1, 0.15) is 16.0 Å². The number of hydrogen-bond donors (Lipinski definition) is 0. The van der Waals surface area contributed by atoms with Crippen LogP contribution in [0.3, 0.4) is 0 Å². The van der Waals surface area contributed by atoms with Gasteiger partial charge in [-0.15, -0.1) is 0 Å². The second kappa shape index (κ2) is 6.08. The minimum Gasteiger partial charge on any atom is -0.207 e. The third-order valence-corrected chi connectivity index (χ3v) is 5.06. The van der Waals surface area contributed by atoms with Gasteiger partial charge in [0.1, 0.15) is 11.6 Å². The van der Waals surface area contributed by atoms with Crippen LogP contribution in [-0.2, 0) is 0 Å². The Morgan fingerprint density at radius 3 is 2.26 bits per heavy atom. The quantitative estimate of drug-likeness (QED) is 0.376. The predicted octanol–water partition coefficient (Wildman–Crippen LogP) is 6.52. The number of halogens is 6. The normalized spacial score (nSPS) is 12.5. The van der Waals surface area contributed by atoms with Crippen LogP contribution in [0.2, 0.25) is 10.0 Å². The van der Waals surface area contributed by atoms with Crippen LogP contribution in [0.4, 0.5) is 8.78 Å². The molecule has 0 aliphatic carbocycles. The topological polar surface area (TPSA) is 0 Å². The van der Waals surface area contributed by atoms with Crippen LogP contribution in [-0.4, -0.2) is 0 Å². The van der Waals surface area contributed by atoms with E-state index in [1.807, 2.05) is 0 Å². The minimum atomic E-state index is -0.508. The van der Waals surface area contributed by atoms with Gasteiger partial charge in [-0.25, -0.2) is 8.78 Å². The lowest BCUT2D eigenvalue weighted by molar-refractivity contribution is 0.612. The first kappa shape index (κ1) is 15.2. The van der Waals surface area contributed by atoms with Crippen molar-refractivity contribution in [3.05, 3.63) is 67.6 Å². The minimum absolute atomic E-state index is 0.223. The van der Waals surface area contributed by atoms with E-state index in [0.717, 1.165) is 0 Å². The maximum atomic E-state index is 13.9. The Labute approximate surface area is 136 Å². The van der Waals surface area contributed by atoms with E-state index in [1.54, 1.807) is 0 Å². The molecule has 0 radical (unpaired) electrons. The highest BCUT2D eigenvalue weighted by Crippen LogP contribution is 2.39. The van der Waals surface area contributed by atoms with Crippen molar-refractivity contribution in [2.24, 2.45) is 0 Å². The summed E-state index contributed by atoms with van der Waals surface area (Å²) in [4.78, 5) is -0.508. The SMILES string of the molecule is Fc1ccc(C(Br)c2cc(Cl)c(Br)cc2F)c(Cl)c1. The summed E-state index contributed by atoms with van der Waals surface area (Å²) in [5.41, 5.74) is 0.905. The average Bonchev–Trinajstić information content (AvgIpc) is 2.33. The van der Waals surface area contributed by atoms with Crippen molar-refractivity contribution in [2.75, 3.05) is 0 Å². The Balaban J connectivity index is 2.49. The van der Waals surface area contributed by atoms with E-state index in [2.05, 4.69) is 31.9 Å². The van der Waals surface area contributed by atoms with E-state index in [-0.39, 0.29) is 5.02 Å². The van der Waals surface area contributed by atoms with E-state index < -0.39 is 16.5 Å². The maximum absolute atomic E-state index is 13.9. The molecule has 1 unspecified atom stereocenters. The van der Waals surface area contributed by atoms with E-state index in [4.69, 9.17) is 23.2 Å². The van der Waals surface area contributed by atoms with Crippen LogP contribution in [0.25, 0.3) is 0 Å². The molecule has 0 aliphatic rings. The van der Waals surface area contributed by atoms with Gasteiger partial charge >= 0.3 is 0 Å². The summed E-state index contributed by atoms with van der Waals surface area (Å²) < 4.78 is 27.4. The average molecular weight is 431 g/mol. The highest BCUT2D eigenvalue weighted by Gasteiger charge is 2.19. The van der Waals surface area contributed by atoms with E-state index in [0.29, 0.717) is 20.6 Å². The largest absolute Gasteiger partial charge is 0.207 e. The smallest absolute Gasteiger partial charge is 0.129 e. The number of alkyl halides is 1. The first-order valence-electron chi connectivity index (χ1n) is 5.13. The van der Waals surface area contributed by atoms with Crippen molar-refractivity contribution in [3.8, 4) is 0 Å². The Hall–Kier alpha value is -0.160. The van der Waals surface area contributed by atoms with Crippen molar-refractivity contribution < 1.29 is 8.78 Å². The van der Waals surface area contributed by atoms with Gasteiger partial charge in [-0.05, 0) is 45.8 Å². The number of rotatable bonds is 2. The summed E-state index contributed by atoms with van der Waals surface area (Å²) >= 11 is 18.4. The summed E-state index contributed by atoms with van der Waals surface area (Å²) in [6.07, 6.45) is 0. The molecule has 6 heteroatoms. The summed E-state index contributed by atoms with van der Waals surface area (Å²) in [6.45, 7) is 0. The lowest BCUT2D eigenvalue weighted by atomic mass is 10.0. The second-order valence-corrected chi connectivity index (χ2v) is 6.40. The fourth-order valence-corrected chi connectivity index (χ4v) is 3.25. The summed E-state index contributed by atoms with van der Waals surface area (Å²) in [7, 11) is 0. The molecule has 0 N–H and O–H groups in total. The molecular weight excluding hydrogens is 425 g/mol. The maximum Gasteiger partial charge on any atom is 0.129 e. The molecule has 0 heterocycles. The Bertz CT molecular complexity index is 632. The van der Waals surface area contributed by atoms with Crippen LogP contribution in [0.5, 0.6) is 0 Å². The van der Waals surface area contributed by atoms with Crippen molar-refractivity contribution in [2.45, 2.75) is 4.83 Å². The second-order valence-electron chi connectivity index (χ2n) is 3.82. The molecule has 19 heavy (non-hydrogen) atoms. The Morgan fingerprint density at radius 1 is 0.947 bits per heavy atom. The highest BCUT2D eigenvalue weighted by molar-refractivity contribution is 9.10. The van der Waals surface area contributed by atoms with Crippen LogP contribution in [0, 0.1) is 11.6 Å². The molecule has 0 fully saturated rings. The molecule has 0 spiro atoms. The van der Waals surface area contributed by atoms with Gasteiger partial charge in [0, 0.05) is 15.1 Å². The first-order valence-corrected chi connectivity index (χ1v) is 7.60. The molecule has 2 aromatic rings. The third-order valence-electron chi connectivity index (χ3n) is 2.55. The van der Waals surface area contributed by atoms with Crippen molar-refractivity contribution in [1.29, 1.82) is 0 Å². The lowest BCUT2D eigenvalue weighted by Crippen LogP contribution is -1.98. The van der Waals surface area contributed by atoms with Crippen molar-refractivity contribution in [3.63, 3.8) is 0 Å². The molecule has 0 saturated carbocycles. The molecule has 0 aliphatic heterocycles.